The van der Waals surface area contributed by atoms with Crippen LogP contribution in [-0.2, 0) is 4.79 Å². The number of hydrogen-bond acceptors (Lipinski definition) is 4. The van der Waals surface area contributed by atoms with Crippen LogP contribution in [0.3, 0.4) is 0 Å². The molecule has 4 rings (SSSR count). The lowest BCUT2D eigenvalue weighted by Gasteiger charge is -2.07. The summed E-state index contributed by atoms with van der Waals surface area (Å²) in [4.78, 5) is 17.1. The number of aromatic nitrogens is 1. The van der Waals surface area contributed by atoms with Crippen molar-refractivity contribution in [1.82, 2.24) is 4.98 Å². The van der Waals surface area contributed by atoms with Gasteiger partial charge in [0.05, 0.1) is 5.75 Å². The van der Waals surface area contributed by atoms with Crippen LogP contribution < -0.4 is 5.32 Å². The normalized spacial score (nSPS) is 10.7. The molecule has 0 bridgehead atoms. The number of nitrogens with zero attached hydrogens (tertiary/aromatic N) is 1. The van der Waals surface area contributed by atoms with Crippen LogP contribution in [0.1, 0.15) is 5.56 Å². The number of oxazole rings is 1. The molecule has 0 saturated heterocycles. The van der Waals surface area contributed by atoms with Crippen LogP contribution in [0.25, 0.3) is 22.6 Å². The van der Waals surface area contributed by atoms with Gasteiger partial charge in [0.2, 0.25) is 5.91 Å². The number of aryl methyl sites for hydroxylation is 1. The van der Waals surface area contributed by atoms with Crippen LogP contribution in [0.4, 0.5) is 5.69 Å². The largest absolute Gasteiger partial charge is 0.431 e. The molecule has 30 heavy (non-hydrogen) atoms. The van der Waals surface area contributed by atoms with Crippen LogP contribution in [0.15, 0.2) is 88.5 Å². The van der Waals surface area contributed by atoms with Crippen LogP contribution in [0, 0.1) is 10.5 Å². The van der Waals surface area contributed by atoms with E-state index in [1.54, 1.807) is 0 Å². The number of nitrogens with one attached hydrogen (secondary N) is 1. The highest BCUT2D eigenvalue weighted by atomic mass is 127. The lowest BCUT2D eigenvalue weighted by molar-refractivity contribution is -0.113. The molecule has 3 aromatic carbocycles. The minimum Gasteiger partial charge on any atom is -0.431 e. The molecular formula is C24H19IN2O2S. The van der Waals surface area contributed by atoms with Gasteiger partial charge in [-0.25, -0.2) is 4.98 Å². The maximum absolute atomic E-state index is 12.5. The summed E-state index contributed by atoms with van der Waals surface area (Å²) in [7, 11) is 0. The second kappa shape index (κ2) is 9.49. The maximum Gasteiger partial charge on any atom is 0.257 e. The second-order valence-corrected chi connectivity index (χ2v) is 8.86. The topological polar surface area (TPSA) is 55.1 Å². The Labute approximate surface area is 193 Å². The zero-order valence-corrected chi connectivity index (χ0v) is 19.2. The van der Waals surface area contributed by atoms with Crippen molar-refractivity contribution in [2.24, 2.45) is 0 Å². The average Bonchev–Trinajstić information content (AvgIpc) is 3.20. The highest BCUT2D eigenvalue weighted by Crippen LogP contribution is 2.35. The summed E-state index contributed by atoms with van der Waals surface area (Å²) in [5.41, 5.74) is 4.57. The molecule has 0 aliphatic heterocycles. The Kier molecular flexibility index (Phi) is 6.54. The fourth-order valence-electron chi connectivity index (χ4n) is 3.02. The zero-order valence-electron chi connectivity index (χ0n) is 16.3. The minimum atomic E-state index is -0.0926. The minimum absolute atomic E-state index is 0.0926. The van der Waals surface area contributed by atoms with Gasteiger partial charge >= 0.3 is 0 Å². The molecule has 0 aliphatic carbocycles. The van der Waals surface area contributed by atoms with Crippen molar-refractivity contribution < 1.29 is 9.21 Å². The number of thioether (sulfide) groups is 1. The number of carbonyl (C=O) groups excluding carboxylic acids is 1. The predicted octanol–water partition coefficient (Wildman–Crippen LogP) is 6.65. The molecule has 4 nitrogen and oxygen atoms in total. The van der Waals surface area contributed by atoms with Gasteiger partial charge in [-0.05, 0) is 53.3 Å². The third-order valence-corrected chi connectivity index (χ3v) is 5.98. The molecular weight excluding hydrogens is 507 g/mol. The van der Waals surface area contributed by atoms with E-state index in [0.717, 1.165) is 31.6 Å². The van der Waals surface area contributed by atoms with Crippen molar-refractivity contribution in [2.45, 2.75) is 12.1 Å². The van der Waals surface area contributed by atoms with Gasteiger partial charge in [0.1, 0.15) is 5.69 Å². The smallest absolute Gasteiger partial charge is 0.257 e. The van der Waals surface area contributed by atoms with Gasteiger partial charge < -0.3 is 9.73 Å². The van der Waals surface area contributed by atoms with Gasteiger partial charge in [0.15, 0.2) is 5.76 Å². The van der Waals surface area contributed by atoms with E-state index < -0.39 is 0 Å². The van der Waals surface area contributed by atoms with Gasteiger partial charge in [-0.2, -0.15) is 0 Å². The number of benzene rings is 3. The van der Waals surface area contributed by atoms with Crippen molar-refractivity contribution in [1.29, 1.82) is 0 Å². The Balaban J connectivity index is 1.53. The summed E-state index contributed by atoms with van der Waals surface area (Å²) in [5, 5.41) is 3.43. The van der Waals surface area contributed by atoms with Gasteiger partial charge in [0, 0.05) is 20.4 Å². The SMILES string of the molecule is Cc1cc(I)ccc1NC(=O)CSc1nc(-c2ccccc2)c(-c2ccccc2)o1. The molecule has 0 saturated carbocycles. The number of rotatable bonds is 6. The fraction of sp³-hybridized carbons (Fsp3) is 0.0833. The summed E-state index contributed by atoms with van der Waals surface area (Å²) in [6, 6.07) is 25.8. The maximum atomic E-state index is 12.5. The lowest BCUT2D eigenvalue weighted by Crippen LogP contribution is -2.14. The van der Waals surface area contributed by atoms with Crippen LogP contribution in [0.5, 0.6) is 0 Å². The third kappa shape index (κ3) is 4.94. The predicted molar refractivity (Wildman–Crippen MR) is 131 cm³/mol. The first kappa shape index (κ1) is 20.7. The lowest BCUT2D eigenvalue weighted by atomic mass is 10.1. The highest BCUT2D eigenvalue weighted by molar-refractivity contribution is 14.1. The summed E-state index contributed by atoms with van der Waals surface area (Å²) in [6.45, 7) is 1.98. The fourth-order valence-corrected chi connectivity index (χ4v) is 4.29. The summed E-state index contributed by atoms with van der Waals surface area (Å²) in [5.74, 6) is 0.831. The van der Waals surface area contributed by atoms with Crippen molar-refractivity contribution in [3.05, 3.63) is 88.0 Å². The number of amides is 1. The molecule has 1 aromatic heterocycles. The molecule has 0 unspecified atom stereocenters. The van der Waals surface area contributed by atoms with Crippen LogP contribution >= 0.6 is 34.4 Å². The van der Waals surface area contributed by atoms with E-state index in [0.29, 0.717) is 11.0 Å². The number of anilines is 1. The summed E-state index contributed by atoms with van der Waals surface area (Å²) in [6.07, 6.45) is 0. The molecule has 0 spiro atoms. The molecule has 6 heteroatoms. The van der Waals surface area contributed by atoms with Crippen LogP contribution in [0.2, 0.25) is 0 Å². The van der Waals surface area contributed by atoms with Gasteiger partial charge in [-0.15, -0.1) is 0 Å². The standard InChI is InChI=1S/C24H19IN2O2S/c1-16-14-19(25)12-13-20(16)26-21(28)15-30-24-27-22(17-8-4-2-5-9-17)23(29-24)18-10-6-3-7-11-18/h2-14H,15H2,1H3,(H,26,28). The van der Waals surface area contributed by atoms with Crippen molar-refractivity contribution in [3.8, 4) is 22.6 Å². The Morgan fingerprint density at radius 3 is 2.33 bits per heavy atom. The summed E-state index contributed by atoms with van der Waals surface area (Å²) < 4.78 is 7.20. The van der Waals surface area contributed by atoms with Crippen molar-refractivity contribution >= 4 is 45.9 Å². The molecule has 0 aliphatic rings. The third-order valence-electron chi connectivity index (χ3n) is 4.48. The van der Waals surface area contributed by atoms with Gasteiger partial charge in [0.25, 0.3) is 5.22 Å². The quantitative estimate of drug-likeness (QED) is 0.226. The summed E-state index contributed by atoms with van der Waals surface area (Å²) >= 11 is 3.55. The van der Waals surface area contributed by atoms with E-state index in [-0.39, 0.29) is 11.7 Å². The number of halogens is 1. The van der Waals surface area contributed by atoms with E-state index in [1.165, 1.54) is 11.8 Å². The first-order valence-electron chi connectivity index (χ1n) is 9.40. The first-order valence-corrected chi connectivity index (χ1v) is 11.5. The average molecular weight is 526 g/mol. The van der Waals surface area contributed by atoms with Crippen LogP contribution in [-0.4, -0.2) is 16.6 Å². The highest BCUT2D eigenvalue weighted by Gasteiger charge is 2.18. The zero-order chi connectivity index (χ0) is 20.9. The van der Waals surface area contributed by atoms with E-state index >= 15 is 0 Å². The Morgan fingerprint density at radius 2 is 1.67 bits per heavy atom. The van der Waals surface area contributed by atoms with Gasteiger partial charge in [-0.3, -0.25) is 4.79 Å². The molecule has 4 aromatic rings. The Hall–Kier alpha value is -2.58. The molecule has 0 radical (unpaired) electrons. The molecule has 0 fully saturated rings. The van der Waals surface area contributed by atoms with Gasteiger partial charge in [-0.1, -0.05) is 72.4 Å². The van der Waals surface area contributed by atoms with Crippen molar-refractivity contribution in [3.63, 3.8) is 0 Å². The Bertz CT molecular complexity index is 1100. The molecule has 1 N–H and O–H groups in total. The molecule has 1 heterocycles. The molecule has 1 amide bonds. The molecule has 0 atom stereocenters. The van der Waals surface area contributed by atoms with E-state index in [9.17, 15) is 4.79 Å². The first-order chi connectivity index (χ1) is 14.6. The molecule has 150 valence electrons. The van der Waals surface area contributed by atoms with E-state index in [1.807, 2.05) is 85.8 Å². The Morgan fingerprint density at radius 1 is 1.00 bits per heavy atom. The number of carbonyl (C=O) groups is 1. The number of hydrogen-bond donors (Lipinski definition) is 1. The van der Waals surface area contributed by atoms with E-state index in [4.69, 9.17) is 4.42 Å². The second-order valence-electron chi connectivity index (χ2n) is 6.69. The van der Waals surface area contributed by atoms with E-state index in [2.05, 4.69) is 32.9 Å². The monoisotopic (exact) mass is 526 g/mol. The van der Waals surface area contributed by atoms with Crippen molar-refractivity contribution in [2.75, 3.05) is 11.1 Å².